The number of hydrogen-bond acceptors (Lipinski definition) is 3. The van der Waals surface area contributed by atoms with Crippen molar-refractivity contribution in [3.05, 3.63) is 63.1 Å². The highest BCUT2D eigenvalue weighted by Gasteiger charge is 2.26. The van der Waals surface area contributed by atoms with Gasteiger partial charge in [-0.05, 0) is 42.3 Å². The first-order valence-corrected chi connectivity index (χ1v) is 8.69. The predicted octanol–water partition coefficient (Wildman–Crippen LogP) is 5.39. The molecule has 0 saturated heterocycles. The zero-order valence-electron chi connectivity index (χ0n) is 14.3. The minimum absolute atomic E-state index is 0.154. The van der Waals surface area contributed by atoms with Crippen molar-refractivity contribution in [2.75, 3.05) is 14.1 Å². The third-order valence-electron chi connectivity index (χ3n) is 3.94. The van der Waals surface area contributed by atoms with Gasteiger partial charge >= 0.3 is 0 Å². The number of aryl methyl sites for hydroxylation is 1. The maximum absolute atomic E-state index is 6.39. The summed E-state index contributed by atoms with van der Waals surface area (Å²) in [5, 5.41) is 5.52. The quantitative estimate of drug-likeness (QED) is 0.530. The molecule has 1 heterocycles. The van der Waals surface area contributed by atoms with E-state index < -0.39 is 0 Å². The minimum atomic E-state index is -0.154. The molecule has 2 aromatic carbocycles. The second kappa shape index (κ2) is 7.46. The molecule has 1 unspecified atom stereocenters. The van der Waals surface area contributed by atoms with Crippen molar-refractivity contribution in [2.24, 2.45) is 10.1 Å². The highest BCUT2D eigenvalue weighted by Crippen LogP contribution is 2.36. The summed E-state index contributed by atoms with van der Waals surface area (Å²) in [6, 6.07) is 11.5. The van der Waals surface area contributed by atoms with E-state index in [1.807, 2.05) is 62.3 Å². The molecule has 0 N–H and O–H groups in total. The Bertz CT molecular complexity index is 847. The maximum Gasteiger partial charge on any atom is 0.158 e. The van der Waals surface area contributed by atoms with Crippen LogP contribution in [0.1, 0.15) is 29.2 Å². The lowest BCUT2D eigenvalue weighted by Gasteiger charge is -2.14. The van der Waals surface area contributed by atoms with Crippen molar-refractivity contribution in [3.63, 3.8) is 0 Å². The molecule has 130 valence electrons. The van der Waals surface area contributed by atoms with Crippen molar-refractivity contribution in [3.8, 4) is 0 Å². The molecular weight excluding hydrogens is 357 g/mol. The Kier molecular flexibility index (Phi) is 5.30. The predicted molar refractivity (Wildman–Crippen MR) is 104 cm³/mol. The van der Waals surface area contributed by atoms with Gasteiger partial charge in [0.15, 0.2) is 6.10 Å². The molecule has 2 aromatic rings. The lowest BCUT2D eigenvalue weighted by Crippen LogP contribution is -2.07. The van der Waals surface area contributed by atoms with Crippen LogP contribution in [0.2, 0.25) is 10.0 Å². The van der Waals surface area contributed by atoms with Crippen molar-refractivity contribution in [1.29, 1.82) is 0 Å². The molecule has 4 nitrogen and oxygen atoms in total. The van der Waals surface area contributed by atoms with Gasteiger partial charge in [0.05, 0.1) is 22.8 Å². The second-order valence-electron chi connectivity index (χ2n) is 6.21. The Morgan fingerprint density at radius 1 is 1.24 bits per heavy atom. The van der Waals surface area contributed by atoms with Gasteiger partial charge in [-0.25, -0.2) is 4.99 Å². The van der Waals surface area contributed by atoms with Crippen molar-refractivity contribution >= 4 is 40.9 Å². The highest BCUT2D eigenvalue weighted by molar-refractivity contribution is 6.33. The first-order valence-electron chi connectivity index (χ1n) is 7.93. The largest absolute Gasteiger partial charge is 0.387 e. The zero-order chi connectivity index (χ0) is 18.0. The molecule has 6 heteroatoms. The fourth-order valence-corrected chi connectivity index (χ4v) is 3.10. The van der Waals surface area contributed by atoms with Crippen LogP contribution in [0.5, 0.6) is 0 Å². The van der Waals surface area contributed by atoms with Gasteiger partial charge in [-0.1, -0.05) is 40.5 Å². The summed E-state index contributed by atoms with van der Waals surface area (Å²) in [4.78, 5) is 11.9. The monoisotopic (exact) mass is 375 g/mol. The first kappa shape index (κ1) is 17.8. The van der Waals surface area contributed by atoms with Crippen LogP contribution in [-0.2, 0) is 4.84 Å². The molecule has 0 saturated carbocycles. The average molecular weight is 376 g/mol. The molecule has 0 radical (unpaired) electrons. The molecule has 3 rings (SSSR count). The number of hydrogen-bond donors (Lipinski definition) is 0. The third kappa shape index (κ3) is 4.14. The van der Waals surface area contributed by atoms with Crippen LogP contribution in [0, 0.1) is 6.92 Å². The van der Waals surface area contributed by atoms with E-state index in [-0.39, 0.29) is 6.10 Å². The normalized spacial score (nSPS) is 16.8. The van der Waals surface area contributed by atoms with Gasteiger partial charge < -0.3 is 9.74 Å². The number of oxime groups is 1. The van der Waals surface area contributed by atoms with E-state index >= 15 is 0 Å². The van der Waals surface area contributed by atoms with Gasteiger partial charge in [0.1, 0.15) is 0 Å². The van der Waals surface area contributed by atoms with Gasteiger partial charge in [-0.15, -0.1) is 0 Å². The Balaban J connectivity index is 1.81. The zero-order valence-corrected chi connectivity index (χ0v) is 15.8. The molecule has 1 atom stereocenters. The van der Waals surface area contributed by atoms with Crippen LogP contribution in [0.4, 0.5) is 5.69 Å². The molecule has 1 aliphatic heterocycles. The molecule has 0 aliphatic carbocycles. The Hall–Kier alpha value is -2.04. The first-order chi connectivity index (χ1) is 11.9. The number of nitrogens with zero attached hydrogens (tertiary/aromatic N) is 3. The van der Waals surface area contributed by atoms with Crippen LogP contribution in [0.3, 0.4) is 0 Å². The van der Waals surface area contributed by atoms with E-state index in [1.54, 1.807) is 6.34 Å². The summed E-state index contributed by atoms with van der Waals surface area (Å²) in [5.41, 5.74) is 4.70. The SMILES string of the molecule is Cc1cc(/N=C\N(C)C)c(Cl)cc1C1CC(c2cccc(Cl)c2)=NO1. The maximum atomic E-state index is 6.39. The molecule has 0 spiro atoms. The topological polar surface area (TPSA) is 37.2 Å². The molecule has 0 aromatic heterocycles. The van der Waals surface area contributed by atoms with E-state index in [4.69, 9.17) is 28.0 Å². The van der Waals surface area contributed by atoms with E-state index in [0.29, 0.717) is 16.5 Å². The van der Waals surface area contributed by atoms with E-state index in [1.165, 1.54) is 0 Å². The van der Waals surface area contributed by atoms with E-state index in [9.17, 15) is 0 Å². The lowest BCUT2D eigenvalue weighted by molar-refractivity contribution is 0.0853. The van der Waals surface area contributed by atoms with Gasteiger partial charge in [0, 0.05) is 31.1 Å². The average Bonchev–Trinajstić information content (AvgIpc) is 3.05. The summed E-state index contributed by atoms with van der Waals surface area (Å²) in [7, 11) is 3.83. The van der Waals surface area contributed by atoms with Crippen LogP contribution in [0.25, 0.3) is 0 Å². The summed E-state index contributed by atoms with van der Waals surface area (Å²) in [6.07, 6.45) is 2.25. The molecule has 1 aliphatic rings. The Labute approximate surface area is 157 Å². The summed E-state index contributed by atoms with van der Waals surface area (Å²) < 4.78 is 0. The molecule has 0 fully saturated rings. The van der Waals surface area contributed by atoms with Crippen LogP contribution in [0.15, 0.2) is 46.5 Å². The summed E-state index contributed by atoms with van der Waals surface area (Å²) in [6.45, 7) is 2.03. The molecular formula is C19H19Cl2N3O. The van der Waals surface area contributed by atoms with Crippen LogP contribution >= 0.6 is 23.2 Å². The number of benzene rings is 2. The number of aliphatic imine (C=N–C) groups is 1. The standard InChI is InChI=1S/C19H19Cl2N3O/c1-12-7-18(22-11-24(2)3)16(21)9-15(12)19-10-17(23-25-19)13-5-4-6-14(20)8-13/h4-9,11,19H,10H2,1-3H3/b22-11-. The molecule has 0 amide bonds. The Morgan fingerprint density at radius 2 is 2.04 bits per heavy atom. The van der Waals surface area contributed by atoms with Crippen LogP contribution in [-0.4, -0.2) is 31.0 Å². The van der Waals surface area contributed by atoms with Crippen molar-refractivity contribution in [1.82, 2.24) is 4.90 Å². The van der Waals surface area contributed by atoms with Gasteiger partial charge in [-0.2, -0.15) is 0 Å². The molecule has 0 bridgehead atoms. The van der Waals surface area contributed by atoms with E-state index in [2.05, 4.69) is 10.1 Å². The fraction of sp³-hybridized carbons (Fsp3) is 0.263. The summed E-state index contributed by atoms with van der Waals surface area (Å²) in [5.74, 6) is 0. The van der Waals surface area contributed by atoms with Crippen molar-refractivity contribution in [2.45, 2.75) is 19.4 Å². The smallest absolute Gasteiger partial charge is 0.158 e. The summed E-state index contributed by atoms with van der Waals surface area (Å²) >= 11 is 12.5. The van der Waals surface area contributed by atoms with Crippen LogP contribution < -0.4 is 0 Å². The third-order valence-corrected chi connectivity index (χ3v) is 4.47. The second-order valence-corrected chi connectivity index (χ2v) is 7.06. The van der Waals surface area contributed by atoms with E-state index in [0.717, 1.165) is 28.1 Å². The van der Waals surface area contributed by atoms with Gasteiger partial charge in [-0.3, -0.25) is 0 Å². The van der Waals surface area contributed by atoms with Crippen molar-refractivity contribution < 1.29 is 4.84 Å². The highest BCUT2D eigenvalue weighted by atomic mass is 35.5. The molecule has 25 heavy (non-hydrogen) atoms. The fourth-order valence-electron chi connectivity index (χ4n) is 2.69. The van der Waals surface area contributed by atoms with Gasteiger partial charge in [0.2, 0.25) is 0 Å². The van der Waals surface area contributed by atoms with Gasteiger partial charge in [0.25, 0.3) is 0 Å². The minimum Gasteiger partial charge on any atom is -0.387 e. The number of rotatable bonds is 4. The lowest BCUT2D eigenvalue weighted by atomic mass is 9.97. The Morgan fingerprint density at radius 3 is 2.76 bits per heavy atom. The number of halogens is 2.